The summed E-state index contributed by atoms with van der Waals surface area (Å²) < 4.78 is 1.69. The first-order valence-electron chi connectivity index (χ1n) is 4.66. The third-order valence-corrected chi connectivity index (χ3v) is 2.08. The fourth-order valence-electron chi connectivity index (χ4n) is 1.19. The zero-order valence-electron chi connectivity index (χ0n) is 9.24. The van der Waals surface area contributed by atoms with E-state index >= 15 is 0 Å². The van der Waals surface area contributed by atoms with Crippen molar-refractivity contribution in [3.05, 3.63) is 34.2 Å². The van der Waals surface area contributed by atoms with Crippen molar-refractivity contribution in [3.63, 3.8) is 0 Å². The molecule has 0 saturated carbocycles. The minimum atomic E-state index is 0. The van der Waals surface area contributed by atoms with E-state index in [1.165, 1.54) is 0 Å². The number of nitrogens with zero attached hydrogens (tertiary/aromatic N) is 1. The first-order valence-corrected chi connectivity index (χ1v) is 4.66. The number of hydrogen-bond donors (Lipinski definition) is 0. The summed E-state index contributed by atoms with van der Waals surface area (Å²) in [6.45, 7) is 8.10. The van der Waals surface area contributed by atoms with Crippen LogP contribution in [0.5, 0.6) is 0 Å². The van der Waals surface area contributed by atoms with E-state index in [9.17, 15) is 4.79 Å². The van der Waals surface area contributed by atoms with Gasteiger partial charge in [0, 0.05) is 38.8 Å². The molecule has 0 aliphatic carbocycles. The Morgan fingerprint density at radius 2 is 1.86 bits per heavy atom. The Morgan fingerprint density at radius 3 is 2.21 bits per heavy atom. The monoisotopic (exact) mass is 267 g/mol. The molecular formula is C11H16NOY-. The molecular weight excluding hydrogens is 251 g/mol. The smallest absolute Gasteiger partial charge is 0.168 e. The van der Waals surface area contributed by atoms with Crippen molar-refractivity contribution in [2.45, 2.75) is 39.7 Å². The van der Waals surface area contributed by atoms with Gasteiger partial charge in [-0.25, -0.2) is 11.6 Å². The molecule has 1 radical (unpaired) electrons. The summed E-state index contributed by atoms with van der Waals surface area (Å²) in [5, 5.41) is 0. The Bertz CT molecular complexity index is 341. The maximum Gasteiger partial charge on any atom is 0.168 e. The predicted molar refractivity (Wildman–Crippen MR) is 54.0 cm³/mol. The zero-order valence-corrected chi connectivity index (χ0v) is 12.1. The van der Waals surface area contributed by atoms with Crippen LogP contribution in [0.2, 0.25) is 0 Å². The van der Waals surface area contributed by atoms with Crippen molar-refractivity contribution in [2.24, 2.45) is 0 Å². The van der Waals surface area contributed by atoms with Gasteiger partial charge in [0.1, 0.15) is 0 Å². The third-order valence-electron chi connectivity index (χ3n) is 2.08. The maximum absolute atomic E-state index is 11.5. The molecule has 0 saturated heterocycles. The number of aromatic nitrogens is 1. The normalized spacial score (nSPS) is 10.4. The average molecular weight is 267 g/mol. The molecule has 0 aliphatic heterocycles. The first-order chi connectivity index (χ1) is 6.02. The molecule has 0 N–H and O–H groups in total. The molecule has 3 heteroatoms. The van der Waals surface area contributed by atoms with Crippen LogP contribution >= 0.6 is 0 Å². The van der Waals surface area contributed by atoms with Gasteiger partial charge in [-0.2, -0.15) is 0 Å². The molecule has 0 aliphatic rings. The first kappa shape index (κ1) is 14.1. The van der Waals surface area contributed by atoms with Crippen LogP contribution in [0.4, 0.5) is 0 Å². The molecule has 0 bridgehead atoms. The van der Waals surface area contributed by atoms with Gasteiger partial charge in [0.25, 0.3) is 0 Å². The van der Waals surface area contributed by atoms with Gasteiger partial charge in [-0.1, -0.05) is 26.0 Å². The summed E-state index contributed by atoms with van der Waals surface area (Å²) in [4.78, 5) is 11.5. The second-order valence-electron chi connectivity index (χ2n) is 3.87. The van der Waals surface area contributed by atoms with E-state index in [0.29, 0.717) is 5.92 Å². The second-order valence-corrected chi connectivity index (χ2v) is 3.87. The van der Waals surface area contributed by atoms with E-state index in [1.54, 1.807) is 16.8 Å². The van der Waals surface area contributed by atoms with Crippen LogP contribution in [-0.4, -0.2) is 4.57 Å². The zero-order chi connectivity index (χ0) is 10.0. The molecule has 0 fully saturated rings. The molecule has 1 rings (SSSR count). The Labute approximate surface area is 111 Å². The Kier molecular flexibility index (Phi) is 5.84. The number of rotatable bonds is 2. The van der Waals surface area contributed by atoms with Gasteiger partial charge in [0.15, 0.2) is 5.56 Å². The second kappa shape index (κ2) is 5.82. The molecule has 1 heterocycles. The summed E-state index contributed by atoms with van der Waals surface area (Å²) in [6, 6.07) is 5.01. The molecule has 2 nitrogen and oxygen atoms in total. The summed E-state index contributed by atoms with van der Waals surface area (Å²) in [5.41, 5.74) is 1.05. The molecule has 1 aromatic rings. The van der Waals surface area contributed by atoms with E-state index < -0.39 is 0 Å². The van der Waals surface area contributed by atoms with Crippen molar-refractivity contribution in [2.75, 3.05) is 0 Å². The minimum Gasteiger partial charge on any atom is -0.346 e. The maximum atomic E-state index is 11.5. The van der Waals surface area contributed by atoms with Crippen LogP contribution < -0.4 is 5.56 Å². The topological polar surface area (TPSA) is 22.0 Å². The summed E-state index contributed by atoms with van der Waals surface area (Å²) in [7, 11) is 0. The molecule has 0 amide bonds. The molecule has 1 aromatic heterocycles. The van der Waals surface area contributed by atoms with E-state index in [2.05, 4.69) is 19.9 Å². The van der Waals surface area contributed by atoms with Gasteiger partial charge < -0.3 is 4.57 Å². The van der Waals surface area contributed by atoms with Gasteiger partial charge in [0.2, 0.25) is 0 Å². The van der Waals surface area contributed by atoms with E-state index in [1.807, 2.05) is 13.8 Å². The predicted octanol–water partition coefficient (Wildman–Crippen LogP) is 2.35. The van der Waals surface area contributed by atoms with Crippen LogP contribution in [0.25, 0.3) is 0 Å². The Balaban J connectivity index is 0.00000169. The van der Waals surface area contributed by atoms with Gasteiger partial charge in [0.05, 0.1) is 0 Å². The molecule has 14 heavy (non-hydrogen) atoms. The quantitative estimate of drug-likeness (QED) is 0.754. The van der Waals surface area contributed by atoms with Crippen molar-refractivity contribution in [1.82, 2.24) is 4.57 Å². The van der Waals surface area contributed by atoms with Crippen LogP contribution in [0.3, 0.4) is 0 Å². The Hall–Kier alpha value is 0.0539. The fourth-order valence-corrected chi connectivity index (χ4v) is 1.19. The van der Waals surface area contributed by atoms with Gasteiger partial charge in [-0.05, 0) is 13.8 Å². The number of pyridine rings is 1. The van der Waals surface area contributed by atoms with Gasteiger partial charge in [-0.3, -0.25) is 4.79 Å². The average Bonchev–Trinajstić information content (AvgIpc) is 2.03. The summed E-state index contributed by atoms with van der Waals surface area (Å²) in [5.74, 6) is 0.370. The van der Waals surface area contributed by atoms with Crippen molar-refractivity contribution < 1.29 is 32.7 Å². The summed E-state index contributed by atoms with van der Waals surface area (Å²) in [6.07, 6.45) is 1.75. The number of hydrogen-bond acceptors (Lipinski definition) is 1. The third kappa shape index (κ3) is 3.32. The van der Waals surface area contributed by atoms with Crippen LogP contribution in [0.15, 0.2) is 17.1 Å². The largest absolute Gasteiger partial charge is 0.346 e. The fraction of sp³-hybridized carbons (Fsp3) is 0.545. The van der Waals surface area contributed by atoms with Crippen molar-refractivity contribution >= 4 is 0 Å². The van der Waals surface area contributed by atoms with E-state index in [0.717, 1.165) is 5.56 Å². The Morgan fingerprint density at radius 1 is 1.29 bits per heavy atom. The summed E-state index contributed by atoms with van der Waals surface area (Å²) >= 11 is 0. The molecule has 0 aromatic carbocycles. The van der Waals surface area contributed by atoms with E-state index in [4.69, 9.17) is 0 Å². The van der Waals surface area contributed by atoms with Gasteiger partial charge >= 0.3 is 0 Å². The van der Waals surface area contributed by atoms with Crippen molar-refractivity contribution in [1.29, 1.82) is 0 Å². The van der Waals surface area contributed by atoms with E-state index in [-0.39, 0.29) is 44.3 Å². The molecule has 75 valence electrons. The molecule has 0 atom stereocenters. The molecule has 0 unspecified atom stereocenters. The van der Waals surface area contributed by atoms with Crippen LogP contribution in [0.1, 0.15) is 45.2 Å². The SMILES string of the molecule is CC(C)c1[c-]cn(C(C)C)c(=O)c1.[Y]. The molecule has 0 spiro atoms. The minimum absolute atomic E-state index is 0. The van der Waals surface area contributed by atoms with Crippen molar-refractivity contribution in [3.8, 4) is 0 Å². The standard InChI is InChI=1S/C11H16NO.Y/c1-8(2)10-5-6-12(9(3)4)11(13)7-10;/h6-9H,1-4H3;/q-1;. The van der Waals surface area contributed by atoms with Crippen LogP contribution in [0, 0.1) is 6.07 Å². The van der Waals surface area contributed by atoms with Gasteiger partial charge in [-0.15, -0.1) is 6.07 Å². The van der Waals surface area contributed by atoms with Crippen LogP contribution in [-0.2, 0) is 32.7 Å².